The molecule has 3 aromatic heterocycles. The van der Waals surface area contributed by atoms with Crippen LogP contribution in [0, 0.1) is 6.92 Å². The smallest absolute Gasteiger partial charge is 0.261 e. The van der Waals surface area contributed by atoms with Crippen molar-refractivity contribution in [2.45, 2.75) is 45.3 Å². The van der Waals surface area contributed by atoms with E-state index in [4.69, 9.17) is 5.73 Å². The normalized spacial score (nSPS) is 17.7. The molecule has 3 aromatic rings. The summed E-state index contributed by atoms with van der Waals surface area (Å²) < 4.78 is 1.94. The van der Waals surface area contributed by atoms with Crippen molar-refractivity contribution in [1.29, 1.82) is 0 Å². The Morgan fingerprint density at radius 1 is 1.38 bits per heavy atom. The van der Waals surface area contributed by atoms with Crippen molar-refractivity contribution in [2.24, 2.45) is 5.73 Å². The zero-order chi connectivity index (χ0) is 20.4. The van der Waals surface area contributed by atoms with Crippen molar-refractivity contribution in [1.82, 2.24) is 24.6 Å². The van der Waals surface area contributed by atoms with E-state index in [0.717, 1.165) is 35.7 Å². The van der Waals surface area contributed by atoms with Crippen LogP contribution in [0.4, 0.5) is 0 Å². The van der Waals surface area contributed by atoms with Crippen LogP contribution in [-0.2, 0) is 13.1 Å². The van der Waals surface area contributed by atoms with Crippen LogP contribution in [0.15, 0.2) is 29.3 Å². The number of aromatic nitrogens is 3. The lowest BCUT2D eigenvalue weighted by Crippen LogP contribution is -2.43. The minimum atomic E-state index is -0.400. The van der Waals surface area contributed by atoms with Crippen LogP contribution in [0.1, 0.15) is 45.9 Å². The number of thiazole rings is 1. The highest BCUT2D eigenvalue weighted by Crippen LogP contribution is 2.18. The Kier molecular flexibility index (Phi) is 5.79. The Bertz CT molecular complexity index is 1040. The number of likely N-dealkylation sites (tertiary alicyclic amines) is 1. The molecule has 154 valence electrons. The summed E-state index contributed by atoms with van der Waals surface area (Å²) in [6, 6.07) is 3.76. The Morgan fingerprint density at radius 3 is 3.00 bits per heavy atom. The van der Waals surface area contributed by atoms with Gasteiger partial charge >= 0.3 is 0 Å². The molecule has 1 unspecified atom stereocenters. The number of nitrogens with one attached hydrogen (secondary N) is 2. The van der Waals surface area contributed by atoms with E-state index in [1.165, 1.54) is 11.3 Å². The predicted octanol–water partition coefficient (Wildman–Crippen LogP) is 1.64. The van der Waals surface area contributed by atoms with E-state index in [2.05, 4.69) is 20.2 Å². The molecule has 0 saturated carbocycles. The zero-order valence-electron chi connectivity index (χ0n) is 16.5. The van der Waals surface area contributed by atoms with Crippen molar-refractivity contribution < 1.29 is 4.79 Å². The summed E-state index contributed by atoms with van der Waals surface area (Å²) in [4.78, 5) is 36.6. The molecule has 1 amide bonds. The number of imidazole rings is 1. The van der Waals surface area contributed by atoms with Crippen LogP contribution in [0.3, 0.4) is 0 Å². The number of aromatic amines is 1. The van der Waals surface area contributed by atoms with Crippen molar-refractivity contribution in [3.05, 3.63) is 56.7 Å². The molecule has 0 aliphatic carbocycles. The second kappa shape index (κ2) is 8.48. The Hall–Kier alpha value is -2.49. The lowest BCUT2D eigenvalue weighted by Gasteiger charge is -2.34. The molecule has 1 aliphatic rings. The molecule has 1 atom stereocenters. The van der Waals surface area contributed by atoms with Gasteiger partial charge < -0.3 is 16.0 Å². The molecule has 0 aromatic carbocycles. The average molecular weight is 415 g/mol. The van der Waals surface area contributed by atoms with Crippen molar-refractivity contribution in [3.63, 3.8) is 0 Å². The molecular formula is C20H26N6O2S. The summed E-state index contributed by atoms with van der Waals surface area (Å²) in [5.74, 6) is -0.400. The number of nitrogens with two attached hydrogens (primary N) is 1. The summed E-state index contributed by atoms with van der Waals surface area (Å²) >= 11 is 1.60. The molecule has 8 nitrogen and oxygen atoms in total. The fourth-order valence-electron chi connectivity index (χ4n) is 3.85. The average Bonchev–Trinajstić information content (AvgIpc) is 3.23. The second-order valence-corrected chi connectivity index (χ2v) is 8.74. The lowest BCUT2D eigenvalue weighted by atomic mass is 10.0. The van der Waals surface area contributed by atoms with Crippen molar-refractivity contribution >= 4 is 22.2 Å². The van der Waals surface area contributed by atoms with Crippen LogP contribution >= 0.6 is 11.3 Å². The van der Waals surface area contributed by atoms with Gasteiger partial charge in [-0.25, -0.2) is 4.98 Å². The first-order chi connectivity index (χ1) is 14.0. The van der Waals surface area contributed by atoms with Crippen LogP contribution < -0.4 is 16.6 Å². The summed E-state index contributed by atoms with van der Waals surface area (Å²) in [7, 11) is 0. The van der Waals surface area contributed by atoms with Gasteiger partial charge in [-0.2, -0.15) is 0 Å². The Labute approximate surface area is 172 Å². The highest BCUT2D eigenvalue weighted by atomic mass is 32.1. The standard InChI is InChI=1S/C20H26N6O2S/c1-13-10-26-12-15(24-20(26)29-13)9-22-18(27)17-6-5-14(23-19(17)28)11-25-7-3-2-4-16(25)8-21/h5-6,10,12,16H,2-4,7-9,11,21H2,1H3,(H,22,27)(H,23,28). The number of piperidine rings is 1. The number of amides is 1. The molecule has 1 aliphatic heterocycles. The number of carbonyl (C=O) groups is 1. The number of fused-ring (bicyclic) bond motifs is 1. The van der Waals surface area contributed by atoms with Gasteiger partial charge in [0.1, 0.15) is 5.56 Å². The first kappa shape index (κ1) is 19.8. The molecule has 4 rings (SSSR count). The van der Waals surface area contributed by atoms with Gasteiger partial charge in [0.05, 0.1) is 12.2 Å². The molecule has 1 fully saturated rings. The fraction of sp³-hybridized carbons (Fsp3) is 0.450. The van der Waals surface area contributed by atoms with Gasteiger partial charge in [-0.05, 0) is 38.4 Å². The Balaban J connectivity index is 1.39. The molecule has 0 spiro atoms. The third-order valence-corrected chi connectivity index (χ3v) is 6.27. The molecule has 4 N–H and O–H groups in total. The summed E-state index contributed by atoms with van der Waals surface area (Å²) in [5.41, 5.74) is 7.18. The summed E-state index contributed by atoms with van der Waals surface area (Å²) in [6.07, 6.45) is 7.32. The first-order valence-electron chi connectivity index (χ1n) is 9.92. The number of hydrogen-bond donors (Lipinski definition) is 3. The first-order valence-corrected chi connectivity index (χ1v) is 10.7. The largest absolute Gasteiger partial charge is 0.346 e. The highest BCUT2D eigenvalue weighted by Gasteiger charge is 2.21. The SMILES string of the molecule is Cc1cn2cc(CNC(=O)c3ccc(CN4CCCCC4CN)[nH]c3=O)nc2s1. The number of aryl methyl sites for hydroxylation is 1. The summed E-state index contributed by atoms with van der Waals surface area (Å²) in [6.45, 7) is 4.55. The van der Waals surface area contributed by atoms with E-state index in [0.29, 0.717) is 19.1 Å². The van der Waals surface area contributed by atoms with E-state index in [1.54, 1.807) is 17.4 Å². The van der Waals surface area contributed by atoms with Gasteiger partial charge in [0.15, 0.2) is 4.96 Å². The van der Waals surface area contributed by atoms with E-state index in [9.17, 15) is 9.59 Å². The van der Waals surface area contributed by atoms with Gasteiger partial charge in [0.2, 0.25) is 0 Å². The third-order valence-electron chi connectivity index (χ3n) is 5.36. The van der Waals surface area contributed by atoms with Gasteiger partial charge in [-0.3, -0.25) is 18.9 Å². The number of carbonyl (C=O) groups excluding carboxylic acids is 1. The summed E-state index contributed by atoms with van der Waals surface area (Å²) in [5, 5.41) is 2.78. The van der Waals surface area contributed by atoms with Gasteiger partial charge in [0, 0.05) is 42.1 Å². The molecule has 9 heteroatoms. The molecule has 4 heterocycles. The topological polar surface area (TPSA) is 109 Å². The Morgan fingerprint density at radius 2 is 2.24 bits per heavy atom. The number of nitrogens with zero attached hydrogens (tertiary/aromatic N) is 3. The maximum Gasteiger partial charge on any atom is 0.261 e. The molecule has 0 bridgehead atoms. The molecule has 29 heavy (non-hydrogen) atoms. The molecular weight excluding hydrogens is 388 g/mol. The van der Waals surface area contributed by atoms with Crippen LogP contribution in [0.25, 0.3) is 4.96 Å². The zero-order valence-corrected chi connectivity index (χ0v) is 17.3. The third kappa shape index (κ3) is 4.42. The molecule has 1 saturated heterocycles. The van der Waals surface area contributed by atoms with Gasteiger partial charge in [0.25, 0.3) is 11.5 Å². The monoisotopic (exact) mass is 414 g/mol. The highest BCUT2D eigenvalue weighted by molar-refractivity contribution is 7.16. The van der Waals surface area contributed by atoms with E-state index >= 15 is 0 Å². The number of H-pyrrole nitrogens is 1. The molecule has 0 radical (unpaired) electrons. The minimum Gasteiger partial charge on any atom is -0.346 e. The van der Waals surface area contributed by atoms with Crippen LogP contribution in [0.2, 0.25) is 0 Å². The maximum absolute atomic E-state index is 12.5. The van der Waals surface area contributed by atoms with E-state index in [1.807, 2.05) is 29.8 Å². The fourth-order valence-corrected chi connectivity index (χ4v) is 4.68. The van der Waals surface area contributed by atoms with E-state index < -0.39 is 5.91 Å². The predicted molar refractivity (Wildman–Crippen MR) is 113 cm³/mol. The van der Waals surface area contributed by atoms with Crippen LogP contribution in [-0.4, -0.2) is 44.3 Å². The van der Waals surface area contributed by atoms with Crippen molar-refractivity contribution in [3.8, 4) is 0 Å². The second-order valence-electron chi connectivity index (χ2n) is 7.53. The number of hydrogen-bond acceptors (Lipinski definition) is 6. The van der Waals surface area contributed by atoms with Crippen LogP contribution in [0.5, 0.6) is 0 Å². The maximum atomic E-state index is 12.5. The quantitative estimate of drug-likeness (QED) is 0.568. The lowest BCUT2D eigenvalue weighted by molar-refractivity contribution is 0.0948. The van der Waals surface area contributed by atoms with Crippen molar-refractivity contribution in [2.75, 3.05) is 13.1 Å². The van der Waals surface area contributed by atoms with E-state index in [-0.39, 0.29) is 17.7 Å². The van der Waals surface area contributed by atoms with Gasteiger partial charge in [-0.15, -0.1) is 11.3 Å². The number of pyridine rings is 1. The van der Waals surface area contributed by atoms with Gasteiger partial charge in [-0.1, -0.05) is 6.42 Å². The number of rotatable bonds is 6. The minimum absolute atomic E-state index is 0.111.